The van der Waals surface area contributed by atoms with Crippen LogP contribution in [-0.2, 0) is 8.37 Å². The fourth-order valence-electron chi connectivity index (χ4n) is 0.164. The molecule has 0 rings (SSSR count). The molecule has 0 spiro atoms. The Kier molecular flexibility index (Phi) is 8.05. The van der Waals surface area contributed by atoms with E-state index >= 15 is 0 Å². The first-order valence-electron chi connectivity index (χ1n) is 1.88. The van der Waals surface area contributed by atoms with Crippen molar-refractivity contribution in [1.29, 1.82) is 0 Å². The van der Waals surface area contributed by atoms with Crippen molar-refractivity contribution >= 4 is 24.5 Å². The summed E-state index contributed by atoms with van der Waals surface area (Å²) in [6.07, 6.45) is 0. The van der Waals surface area contributed by atoms with Crippen LogP contribution in [-0.4, -0.2) is 13.2 Å². The second-order valence-electron chi connectivity index (χ2n) is 0.836. The molecule has 0 heterocycles. The Hall–Kier alpha value is 0.540. The Bertz CT molecular complexity index is 41.0. The molecule has 0 saturated heterocycles. The predicted octanol–water partition coefficient (Wildman–Crippen LogP) is 0.0634. The molecule has 6 heteroatoms. The van der Waals surface area contributed by atoms with E-state index in [1.165, 1.54) is 0 Å². The first-order valence-corrected chi connectivity index (χ1v) is 3.49. The van der Waals surface area contributed by atoms with Gasteiger partial charge in [-0.1, -0.05) is 0 Å². The average molecular weight is 156 g/mol. The SMILES string of the molecule is NSOCCOSN. The van der Waals surface area contributed by atoms with Crippen LogP contribution in [0, 0.1) is 0 Å². The van der Waals surface area contributed by atoms with Crippen LogP contribution in [0.5, 0.6) is 0 Å². The van der Waals surface area contributed by atoms with Crippen LogP contribution in [0.4, 0.5) is 0 Å². The largest absolute Gasteiger partial charge is 0.299 e. The molecule has 50 valence electrons. The number of hydrogen-bond acceptors (Lipinski definition) is 6. The Morgan fingerprint density at radius 2 is 1.38 bits per heavy atom. The minimum atomic E-state index is 0.464. The lowest BCUT2D eigenvalue weighted by atomic mass is 10.8. The topological polar surface area (TPSA) is 70.5 Å². The van der Waals surface area contributed by atoms with E-state index in [2.05, 4.69) is 8.37 Å². The smallest absolute Gasteiger partial charge is 0.0875 e. The molecule has 0 aliphatic rings. The third-order valence-corrected chi connectivity index (χ3v) is 0.992. The van der Waals surface area contributed by atoms with Crippen molar-refractivity contribution in [3.8, 4) is 0 Å². The zero-order valence-corrected chi connectivity index (χ0v) is 5.83. The van der Waals surface area contributed by atoms with Crippen molar-refractivity contribution in [2.45, 2.75) is 0 Å². The van der Waals surface area contributed by atoms with E-state index < -0.39 is 0 Å². The number of hydrogen-bond donors (Lipinski definition) is 2. The quantitative estimate of drug-likeness (QED) is 0.333. The van der Waals surface area contributed by atoms with E-state index in [-0.39, 0.29) is 0 Å². The summed E-state index contributed by atoms with van der Waals surface area (Å²) in [6, 6.07) is 0. The lowest BCUT2D eigenvalue weighted by Crippen LogP contribution is -1.98. The van der Waals surface area contributed by atoms with Crippen molar-refractivity contribution in [3.63, 3.8) is 0 Å². The standard InChI is InChI=1S/C2H8N2O2S2/c3-7-5-1-2-6-8-4/h1-4H2. The van der Waals surface area contributed by atoms with Gasteiger partial charge in [0.1, 0.15) is 0 Å². The fraction of sp³-hybridized carbons (Fsp3) is 1.00. The van der Waals surface area contributed by atoms with Crippen LogP contribution in [0.25, 0.3) is 0 Å². The summed E-state index contributed by atoms with van der Waals surface area (Å²) < 4.78 is 9.27. The molecular weight excluding hydrogens is 148 g/mol. The molecule has 0 aliphatic carbocycles. The van der Waals surface area contributed by atoms with Crippen molar-refractivity contribution < 1.29 is 8.37 Å². The third kappa shape index (κ3) is 6.54. The minimum Gasteiger partial charge on any atom is -0.299 e. The molecule has 0 saturated carbocycles. The van der Waals surface area contributed by atoms with Crippen molar-refractivity contribution in [1.82, 2.24) is 0 Å². The molecule has 0 atom stereocenters. The van der Waals surface area contributed by atoms with Crippen LogP contribution in [0.3, 0.4) is 0 Å². The second kappa shape index (κ2) is 7.54. The maximum absolute atomic E-state index is 4.91. The van der Waals surface area contributed by atoms with E-state index in [1.54, 1.807) is 0 Å². The molecular formula is C2H8N2O2S2. The summed E-state index contributed by atoms with van der Waals surface area (Å²) in [6.45, 7) is 0.927. The summed E-state index contributed by atoms with van der Waals surface area (Å²) in [5.41, 5.74) is 0. The lowest BCUT2D eigenvalue weighted by molar-refractivity contribution is 0.266. The zero-order valence-electron chi connectivity index (χ0n) is 4.20. The lowest BCUT2D eigenvalue weighted by Gasteiger charge is -1.95. The molecule has 0 radical (unpaired) electrons. The zero-order chi connectivity index (χ0) is 6.24. The minimum absolute atomic E-state index is 0.464. The molecule has 0 bridgehead atoms. The van der Waals surface area contributed by atoms with Gasteiger partial charge in [-0.15, -0.1) is 0 Å². The van der Waals surface area contributed by atoms with E-state index in [1.807, 2.05) is 0 Å². The van der Waals surface area contributed by atoms with Gasteiger partial charge in [0.25, 0.3) is 0 Å². The molecule has 0 aromatic heterocycles. The van der Waals surface area contributed by atoms with E-state index in [9.17, 15) is 0 Å². The van der Waals surface area contributed by atoms with Gasteiger partial charge in [0, 0.05) is 0 Å². The monoisotopic (exact) mass is 156 g/mol. The number of nitrogens with two attached hydrogens (primary N) is 2. The molecule has 4 nitrogen and oxygen atoms in total. The third-order valence-electron chi connectivity index (χ3n) is 0.386. The highest BCUT2D eigenvalue weighted by atomic mass is 32.2. The van der Waals surface area contributed by atoms with E-state index in [0.29, 0.717) is 13.2 Å². The molecule has 8 heavy (non-hydrogen) atoms. The van der Waals surface area contributed by atoms with Gasteiger partial charge in [-0.2, -0.15) is 0 Å². The molecule has 0 unspecified atom stereocenters. The van der Waals surface area contributed by atoms with Gasteiger partial charge < -0.3 is 0 Å². The highest BCUT2D eigenvalue weighted by Crippen LogP contribution is 1.92. The molecule has 0 amide bonds. The second-order valence-corrected chi connectivity index (χ2v) is 1.69. The predicted molar refractivity (Wildman–Crippen MR) is 35.5 cm³/mol. The Morgan fingerprint density at radius 3 is 1.62 bits per heavy atom. The maximum Gasteiger partial charge on any atom is 0.0875 e. The van der Waals surface area contributed by atoms with Gasteiger partial charge in [0.05, 0.1) is 37.7 Å². The molecule has 4 N–H and O–H groups in total. The van der Waals surface area contributed by atoms with Gasteiger partial charge in [-0.25, -0.2) is 0 Å². The summed E-state index contributed by atoms with van der Waals surface area (Å²) in [4.78, 5) is 0. The Labute approximate surface area is 56.9 Å². The Morgan fingerprint density at radius 1 is 1.00 bits per heavy atom. The fourth-order valence-corrected chi connectivity index (χ4v) is 0.493. The molecule has 0 aromatic carbocycles. The van der Waals surface area contributed by atoms with Crippen molar-refractivity contribution in [2.75, 3.05) is 13.2 Å². The van der Waals surface area contributed by atoms with Crippen molar-refractivity contribution in [2.24, 2.45) is 10.3 Å². The van der Waals surface area contributed by atoms with Gasteiger partial charge in [0.15, 0.2) is 0 Å². The average Bonchev–Trinajstić information content (AvgIpc) is 1.81. The van der Waals surface area contributed by atoms with Gasteiger partial charge in [-0.05, 0) is 0 Å². The summed E-state index contributed by atoms with van der Waals surface area (Å²) in [5.74, 6) is 0. The first-order chi connectivity index (χ1) is 3.91. The van der Waals surface area contributed by atoms with Crippen LogP contribution >= 0.6 is 24.5 Å². The van der Waals surface area contributed by atoms with Gasteiger partial charge >= 0.3 is 0 Å². The van der Waals surface area contributed by atoms with Gasteiger partial charge in [0.2, 0.25) is 0 Å². The summed E-state index contributed by atoms with van der Waals surface area (Å²) >= 11 is 1.64. The van der Waals surface area contributed by atoms with Crippen LogP contribution < -0.4 is 10.3 Å². The van der Waals surface area contributed by atoms with E-state index in [0.717, 1.165) is 24.5 Å². The molecule has 0 fully saturated rings. The molecule has 0 aromatic rings. The number of rotatable bonds is 5. The van der Waals surface area contributed by atoms with Crippen molar-refractivity contribution in [3.05, 3.63) is 0 Å². The normalized spacial score (nSPS) is 9.75. The first kappa shape index (κ1) is 8.54. The highest BCUT2D eigenvalue weighted by molar-refractivity contribution is 7.92. The van der Waals surface area contributed by atoms with E-state index in [4.69, 9.17) is 10.3 Å². The summed E-state index contributed by atoms with van der Waals surface area (Å²) in [5, 5.41) is 9.82. The molecule has 0 aliphatic heterocycles. The summed E-state index contributed by atoms with van der Waals surface area (Å²) in [7, 11) is 0. The van der Waals surface area contributed by atoms with Crippen LogP contribution in [0.1, 0.15) is 0 Å². The maximum atomic E-state index is 4.91. The van der Waals surface area contributed by atoms with Crippen LogP contribution in [0.2, 0.25) is 0 Å². The van der Waals surface area contributed by atoms with Crippen LogP contribution in [0.15, 0.2) is 0 Å². The van der Waals surface area contributed by atoms with Gasteiger partial charge in [-0.3, -0.25) is 18.6 Å². The Balaban J connectivity index is 2.53. The highest BCUT2D eigenvalue weighted by Gasteiger charge is 1.83.